The molecule has 1 aromatic carbocycles. The Morgan fingerprint density at radius 3 is 2.73 bits per heavy atom. The van der Waals surface area contributed by atoms with Gasteiger partial charge in [-0.1, -0.05) is 30.3 Å². The van der Waals surface area contributed by atoms with E-state index in [4.69, 9.17) is 0 Å². The lowest BCUT2D eigenvalue weighted by Gasteiger charge is -2.14. The van der Waals surface area contributed by atoms with Crippen molar-refractivity contribution in [3.63, 3.8) is 0 Å². The lowest BCUT2D eigenvalue weighted by atomic mass is 10.2. The number of amides is 1. The molecule has 0 aliphatic heterocycles. The zero-order valence-electron chi connectivity index (χ0n) is 14.3. The van der Waals surface area contributed by atoms with Crippen molar-refractivity contribution in [2.75, 3.05) is 12.4 Å². The van der Waals surface area contributed by atoms with Crippen LogP contribution in [0.25, 0.3) is 6.20 Å². The summed E-state index contributed by atoms with van der Waals surface area (Å²) in [6.07, 6.45) is 2.48. The summed E-state index contributed by atoms with van der Waals surface area (Å²) in [6.45, 7) is 1.41. The third-order valence-electron chi connectivity index (χ3n) is 3.54. The lowest BCUT2D eigenvalue weighted by Crippen LogP contribution is -2.38. The molecular formula is C18H21N3O4S. The van der Waals surface area contributed by atoms with Gasteiger partial charge in [0.1, 0.15) is 0 Å². The second kappa shape index (κ2) is 9.79. The summed E-state index contributed by atoms with van der Waals surface area (Å²) in [4.78, 5) is 37.0. The minimum atomic E-state index is -0.615. The van der Waals surface area contributed by atoms with E-state index in [1.807, 2.05) is 30.3 Å². The average Bonchev–Trinajstić information content (AvgIpc) is 2.60. The molecule has 7 nitrogen and oxygen atoms in total. The number of rotatable bonds is 8. The minimum Gasteiger partial charge on any atom is -0.394 e. The Morgan fingerprint density at radius 2 is 2.08 bits per heavy atom. The van der Waals surface area contributed by atoms with Crippen molar-refractivity contribution in [1.29, 1.82) is 0 Å². The van der Waals surface area contributed by atoms with Crippen LogP contribution in [0.15, 0.2) is 52.1 Å². The largest absolute Gasteiger partial charge is 0.394 e. The summed E-state index contributed by atoms with van der Waals surface area (Å²) in [5, 5.41) is 12.1. The molecule has 0 fully saturated rings. The van der Waals surface area contributed by atoms with E-state index in [1.165, 1.54) is 28.5 Å². The summed E-state index contributed by atoms with van der Waals surface area (Å²) < 4.78 is 1.17. The molecule has 0 spiro atoms. The van der Waals surface area contributed by atoms with Gasteiger partial charge >= 0.3 is 5.69 Å². The molecular weight excluding hydrogens is 354 g/mol. The molecule has 26 heavy (non-hydrogen) atoms. The number of thioether (sulfide) groups is 1. The number of aryl methyl sites for hydroxylation is 1. The molecule has 0 radical (unpaired) electrons. The molecule has 0 saturated heterocycles. The number of hydrogen-bond acceptors (Lipinski definition) is 5. The van der Waals surface area contributed by atoms with E-state index in [-0.39, 0.29) is 6.61 Å². The molecule has 2 aromatic rings. The summed E-state index contributed by atoms with van der Waals surface area (Å²) in [6, 6.07) is 10.8. The van der Waals surface area contributed by atoms with Crippen LogP contribution >= 0.6 is 11.8 Å². The van der Waals surface area contributed by atoms with E-state index >= 15 is 0 Å². The molecule has 3 N–H and O–H groups in total. The first-order valence-electron chi connectivity index (χ1n) is 8.03. The molecule has 1 aromatic heterocycles. The Kier molecular flexibility index (Phi) is 7.43. The predicted octanol–water partition coefficient (Wildman–Crippen LogP) is 0.726. The van der Waals surface area contributed by atoms with E-state index in [9.17, 15) is 19.5 Å². The number of aliphatic hydroxyl groups is 1. The van der Waals surface area contributed by atoms with Gasteiger partial charge < -0.3 is 10.4 Å². The highest BCUT2D eigenvalue weighted by molar-refractivity contribution is 7.98. The van der Waals surface area contributed by atoms with Crippen molar-refractivity contribution in [2.24, 2.45) is 0 Å². The molecule has 138 valence electrons. The van der Waals surface area contributed by atoms with E-state index < -0.39 is 23.2 Å². The number of nitrogens with zero attached hydrogens (tertiary/aromatic N) is 1. The first-order chi connectivity index (χ1) is 12.5. The van der Waals surface area contributed by atoms with Gasteiger partial charge in [-0.3, -0.25) is 19.1 Å². The van der Waals surface area contributed by atoms with E-state index in [0.29, 0.717) is 11.4 Å². The number of hydrogen-bond donors (Lipinski definition) is 3. The zero-order valence-corrected chi connectivity index (χ0v) is 15.2. The topological polar surface area (TPSA) is 104 Å². The molecule has 1 unspecified atom stereocenters. The van der Waals surface area contributed by atoms with Crippen LogP contribution in [0.5, 0.6) is 0 Å². The van der Waals surface area contributed by atoms with E-state index in [1.54, 1.807) is 18.7 Å². The van der Waals surface area contributed by atoms with Gasteiger partial charge in [-0.25, -0.2) is 4.79 Å². The number of aromatic nitrogens is 2. The van der Waals surface area contributed by atoms with Crippen LogP contribution in [-0.2, 0) is 10.5 Å². The first-order valence-corrected chi connectivity index (χ1v) is 9.18. The van der Waals surface area contributed by atoms with Gasteiger partial charge in [-0.05, 0) is 12.5 Å². The second-order valence-corrected chi connectivity index (χ2v) is 6.68. The molecule has 0 aliphatic rings. The highest BCUT2D eigenvalue weighted by Gasteiger charge is 2.10. The predicted molar refractivity (Wildman–Crippen MR) is 103 cm³/mol. The quantitative estimate of drug-likeness (QED) is 0.590. The van der Waals surface area contributed by atoms with Crippen LogP contribution in [0.3, 0.4) is 0 Å². The normalized spacial score (nSPS) is 12.2. The molecule has 0 bridgehead atoms. The Bertz CT molecular complexity index is 874. The monoisotopic (exact) mass is 375 g/mol. The highest BCUT2D eigenvalue weighted by atomic mass is 32.2. The number of nitrogens with one attached hydrogen (secondary N) is 2. The number of carbonyl (C=O) groups is 1. The number of aliphatic hydroxyl groups excluding tert-OH is 1. The third kappa shape index (κ3) is 6.05. The smallest absolute Gasteiger partial charge is 0.332 e. The highest BCUT2D eigenvalue weighted by Crippen LogP contribution is 2.12. The van der Waals surface area contributed by atoms with Crippen molar-refractivity contribution in [3.8, 4) is 0 Å². The number of carbonyl (C=O) groups excluding carboxylic acids is 1. The molecule has 0 saturated carbocycles. The van der Waals surface area contributed by atoms with Crippen molar-refractivity contribution in [1.82, 2.24) is 14.9 Å². The van der Waals surface area contributed by atoms with Crippen LogP contribution in [0.2, 0.25) is 0 Å². The summed E-state index contributed by atoms with van der Waals surface area (Å²) in [5.74, 6) is 0.916. The van der Waals surface area contributed by atoms with Gasteiger partial charge in [-0.2, -0.15) is 11.8 Å². The Labute approximate surface area is 154 Å². The van der Waals surface area contributed by atoms with Crippen LogP contribution in [0.1, 0.15) is 11.3 Å². The first kappa shape index (κ1) is 19.7. The molecule has 1 heterocycles. The number of H-pyrrole nitrogens is 1. The third-order valence-corrected chi connectivity index (χ3v) is 4.72. The Hall–Kier alpha value is -2.58. The maximum absolute atomic E-state index is 12.0. The molecule has 0 aliphatic carbocycles. The Balaban J connectivity index is 1.88. The zero-order chi connectivity index (χ0) is 18.9. The number of benzene rings is 1. The van der Waals surface area contributed by atoms with Gasteiger partial charge in [0.25, 0.3) is 5.56 Å². The van der Waals surface area contributed by atoms with Crippen LogP contribution in [-0.4, -0.2) is 39.0 Å². The van der Waals surface area contributed by atoms with Gasteiger partial charge in [0.2, 0.25) is 5.91 Å². The Morgan fingerprint density at radius 1 is 1.35 bits per heavy atom. The molecule has 1 amide bonds. The molecule has 2 rings (SSSR count). The SMILES string of the molecule is Cc1cc(=O)[nH]c(=O)n1C=CC(=O)NC(CO)CSCc1ccccc1. The van der Waals surface area contributed by atoms with Crippen LogP contribution < -0.4 is 16.6 Å². The fourth-order valence-corrected chi connectivity index (χ4v) is 3.25. The van der Waals surface area contributed by atoms with Gasteiger partial charge in [0.05, 0.1) is 12.6 Å². The maximum atomic E-state index is 12.0. The fraction of sp³-hybridized carbons (Fsp3) is 0.278. The summed E-state index contributed by atoms with van der Waals surface area (Å²) in [7, 11) is 0. The van der Waals surface area contributed by atoms with Gasteiger partial charge in [0.15, 0.2) is 0 Å². The van der Waals surface area contributed by atoms with Crippen molar-refractivity contribution in [3.05, 3.63) is 74.6 Å². The van der Waals surface area contributed by atoms with Gasteiger partial charge in [-0.15, -0.1) is 0 Å². The van der Waals surface area contributed by atoms with Crippen LogP contribution in [0, 0.1) is 6.92 Å². The van der Waals surface area contributed by atoms with E-state index in [0.717, 1.165) is 5.75 Å². The molecule has 1 atom stereocenters. The maximum Gasteiger partial charge on any atom is 0.332 e. The van der Waals surface area contributed by atoms with Crippen LogP contribution in [0.4, 0.5) is 0 Å². The van der Waals surface area contributed by atoms with Gasteiger partial charge in [0, 0.05) is 35.5 Å². The number of aromatic amines is 1. The second-order valence-electron chi connectivity index (χ2n) is 5.65. The van der Waals surface area contributed by atoms with Crippen molar-refractivity contribution >= 4 is 23.9 Å². The van der Waals surface area contributed by atoms with Crippen molar-refractivity contribution < 1.29 is 9.90 Å². The summed E-state index contributed by atoms with van der Waals surface area (Å²) in [5.41, 5.74) is 0.488. The standard InChI is InChI=1S/C18H21N3O4S/c1-13-9-17(24)20-18(25)21(13)8-7-16(23)19-15(10-22)12-26-11-14-5-3-2-4-6-14/h2-9,15,22H,10-12H2,1H3,(H,19,23)(H,20,24,25). The van der Waals surface area contributed by atoms with Crippen molar-refractivity contribution in [2.45, 2.75) is 18.7 Å². The molecule has 8 heteroatoms. The lowest BCUT2D eigenvalue weighted by molar-refractivity contribution is -0.117. The van der Waals surface area contributed by atoms with E-state index in [2.05, 4.69) is 10.3 Å². The average molecular weight is 375 g/mol. The summed E-state index contributed by atoms with van der Waals surface area (Å²) >= 11 is 1.61. The fourth-order valence-electron chi connectivity index (χ4n) is 2.23. The minimum absolute atomic E-state index is 0.182.